The maximum atomic E-state index is 12.9. The molecule has 1 aromatic carbocycles. The number of nitrogens with zero attached hydrogens (tertiary/aromatic N) is 1. The molecule has 0 radical (unpaired) electrons. The lowest BCUT2D eigenvalue weighted by Crippen LogP contribution is -2.37. The predicted molar refractivity (Wildman–Crippen MR) is 89.3 cm³/mol. The average Bonchev–Trinajstić information content (AvgIpc) is 3.19. The van der Waals surface area contributed by atoms with Gasteiger partial charge in [0.15, 0.2) is 11.3 Å². The number of fused-ring (bicyclic) bond motifs is 2. The molecule has 24 heavy (non-hydrogen) atoms. The molecule has 2 fully saturated rings. The Kier molecular flexibility index (Phi) is 3.39. The van der Waals surface area contributed by atoms with Gasteiger partial charge in [0.05, 0.1) is 10.4 Å². The van der Waals surface area contributed by atoms with Crippen LogP contribution in [0, 0.1) is 18.3 Å². The molecule has 2 heterocycles. The Morgan fingerprint density at radius 2 is 2.21 bits per heavy atom. The summed E-state index contributed by atoms with van der Waals surface area (Å²) in [5, 5.41) is 11.0. The van der Waals surface area contributed by atoms with Gasteiger partial charge in [-0.15, -0.1) is 0 Å². The summed E-state index contributed by atoms with van der Waals surface area (Å²) in [6, 6.07) is 5.41. The van der Waals surface area contributed by atoms with Crippen LogP contribution in [0.2, 0.25) is 5.02 Å². The highest BCUT2D eigenvalue weighted by molar-refractivity contribution is 6.35. The zero-order chi connectivity index (χ0) is 17.1. The van der Waals surface area contributed by atoms with Crippen molar-refractivity contribution in [3.63, 3.8) is 0 Å². The fraction of sp³-hybridized carbons (Fsp3) is 0.444. The molecule has 1 N–H and O–H groups in total. The number of carbonyl (C=O) groups is 2. The summed E-state index contributed by atoms with van der Waals surface area (Å²) in [7, 11) is 0. The minimum atomic E-state index is -0.787. The third kappa shape index (κ3) is 2.00. The van der Waals surface area contributed by atoms with Crippen LogP contribution in [0.3, 0.4) is 0 Å². The number of para-hydroxylation sites is 1. The van der Waals surface area contributed by atoms with Crippen molar-refractivity contribution in [1.82, 2.24) is 4.90 Å². The first-order valence-corrected chi connectivity index (χ1v) is 8.52. The van der Waals surface area contributed by atoms with Crippen LogP contribution in [-0.4, -0.2) is 35.0 Å². The molecule has 1 amide bonds. The van der Waals surface area contributed by atoms with E-state index in [1.165, 1.54) is 0 Å². The summed E-state index contributed by atoms with van der Waals surface area (Å²) < 4.78 is 5.75. The zero-order valence-corrected chi connectivity index (χ0v) is 14.1. The molecule has 5 nitrogen and oxygen atoms in total. The van der Waals surface area contributed by atoms with E-state index < -0.39 is 11.4 Å². The Bertz CT molecular complexity index is 858. The number of carboxylic acids is 1. The van der Waals surface area contributed by atoms with Crippen LogP contribution in [0.4, 0.5) is 0 Å². The van der Waals surface area contributed by atoms with Gasteiger partial charge in [-0.3, -0.25) is 9.59 Å². The van der Waals surface area contributed by atoms with Crippen LogP contribution in [0.5, 0.6) is 0 Å². The smallest absolute Gasteiger partial charge is 0.311 e. The summed E-state index contributed by atoms with van der Waals surface area (Å²) in [6.45, 7) is 2.57. The molecule has 1 aliphatic carbocycles. The summed E-state index contributed by atoms with van der Waals surface area (Å²) >= 11 is 6.15. The number of hydrogen-bond donors (Lipinski definition) is 1. The van der Waals surface area contributed by atoms with Gasteiger partial charge in [0.25, 0.3) is 5.91 Å². The lowest BCUT2D eigenvalue weighted by molar-refractivity contribution is -0.149. The number of hydrogen-bond acceptors (Lipinski definition) is 3. The van der Waals surface area contributed by atoms with Crippen LogP contribution in [0.15, 0.2) is 22.6 Å². The predicted octanol–water partition coefficient (Wildman–Crippen LogP) is 3.72. The highest BCUT2D eigenvalue weighted by Gasteiger charge is 2.56. The quantitative estimate of drug-likeness (QED) is 0.898. The highest BCUT2D eigenvalue weighted by atomic mass is 35.5. The van der Waals surface area contributed by atoms with Gasteiger partial charge in [0.1, 0.15) is 0 Å². The van der Waals surface area contributed by atoms with Gasteiger partial charge in [-0.05, 0) is 31.7 Å². The minimum absolute atomic E-state index is 0.0345. The zero-order valence-electron chi connectivity index (χ0n) is 13.3. The largest absolute Gasteiger partial charge is 0.481 e. The van der Waals surface area contributed by atoms with Crippen molar-refractivity contribution < 1.29 is 19.1 Å². The Hall–Kier alpha value is -2.01. The maximum Gasteiger partial charge on any atom is 0.311 e. The highest BCUT2D eigenvalue weighted by Crippen LogP contribution is 2.49. The summed E-state index contributed by atoms with van der Waals surface area (Å²) in [6.07, 6.45) is 2.42. The van der Waals surface area contributed by atoms with Crippen molar-refractivity contribution in [1.29, 1.82) is 0 Å². The Morgan fingerprint density at radius 3 is 2.88 bits per heavy atom. The molecule has 1 saturated heterocycles. The van der Waals surface area contributed by atoms with E-state index in [1.807, 2.05) is 19.1 Å². The normalized spacial score (nSPS) is 26.1. The molecule has 2 atom stereocenters. The van der Waals surface area contributed by atoms with Crippen molar-refractivity contribution in [3.05, 3.63) is 34.5 Å². The topological polar surface area (TPSA) is 70.8 Å². The van der Waals surface area contributed by atoms with Crippen molar-refractivity contribution in [3.8, 4) is 0 Å². The second-order valence-corrected chi connectivity index (χ2v) is 7.32. The van der Waals surface area contributed by atoms with Crippen molar-refractivity contribution in [2.24, 2.45) is 11.3 Å². The number of aliphatic carboxylic acids is 1. The molecule has 0 spiro atoms. The number of aryl methyl sites for hydroxylation is 1. The van der Waals surface area contributed by atoms with Gasteiger partial charge in [0, 0.05) is 24.0 Å². The second-order valence-electron chi connectivity index (χ2n) is 6.91. The molecule has 1 aliphatic heterocycles. The Balaban J connectivity index is 1.70. The first kappa shape index (κ1) is 15.5. The fourth-order valence-electron chi connectivity index (χ4n) is 4.35. The SMILES string of the molecule is Cc1c(C(=O)N2C[C@@H]3CCC[C@@]3(C(=O)O)C2)oc2c(Cl)cccc12. The molecular formula is C18H18ClNO4. The Morgan fingerprint density at radius 1 is 1.42 bits per heavy atom. The first-order valence-electron chi connectivity index (χ1n) is 8.14. The molecule has 6 heteroatoms. The van der Waals surface area contributed by atoms with Crippen LogP contribution in [-0.2, 0) is 4.79 Å². The Labute approximate surface area is 144 Å². The molecular weight excluding hydrogens is 330 g/mol. The van der Waals surface area contributed by atoms with Gasteiger partial charge in [-0.25, -0.2) is 0 Å². The van der Waals surface area contributed by atoms with E-state index in [0.29, 0.717) is 23.6 Å². The van der Waals surface area contributed by atoms with Crippen LogP contribution in [0.25, 0.3) is 11.0 Å². The minimum Gasteiger partial charge on any atom is -0.481 e. The number of amides is 1. The van der Waals surface area contributed by atoms with E-state index in [-0.39, 0.29) is 24.1 Å². The van der Waals surface area contributed by atoms with E-state index in [2.05, 4.69) is 0 Å². The lowest BCUT2D eigenvalue weighted by atomic mass is 9.81. The lowest BCUT2D eigenvalue weighted by Gasteiger charge is -2.23. The number of carbonyl (C=O) groups excluding carboxylic acids is 1. The molecule has 126 valence electrons. The van der Waals surface area contributed by atoms with E-state index in [4.69, 9.17) is 16.0 Å². The molecule has 4 rings (SSSR count). The van der Waals surface area contributed by atoms with Crippen molar-refractivity contribution in [2.75, 3.05) is 13.1 Å². The van der Waals surface area contributed by atoms with Crippen LogP contribution >= 0.6 is 11.6 Å². The van der Waals surface area contributed by atoms with E-state index in [9.17, 15) is 14.7 Å². The van der Waals surface area contributed by atoms with Gasteiger partial charge in [-0.1, -0.05) is 30.2 Å². The average molecular weight is 348 g/mol. The maximum absolute atomic E-state index is 12.9. The number of benzene rings is 1. The molecule has 1 saturated carbocycles. The number of furan rings is 1. The van der Waals surface area contributed by atoms with Gasteiger partial charge >= 0.3 is 5.97 Å². The fourth-order valence-corrected chi connectivity index (χ4v) is 4.56. The third-order valence-corrected chi connectivity index (χ3v) is 5.99. The van der Waals surface area contributed by atoms with Gasteiger partial charge in [0.2, 0.25) is 0 Å². The number of likely N-dealkylation sites (tertiary alicyclic amines) is 1. The summed E-state index contributed by atoms with van der Waals surface area (Å²) in [5.74, 6) is -0.731. The molecule has 1 aromatic heterocycles. The van der Waals surface area contributed by atoms with Gasteiger partial charge < -0.3 is 14.4 Å². The summed E-state index contributed by atoms with van der Waals surface area (Å²) in [5.41, 5.74) is 0.471. The second kappa shape index (κ2) is 5.24. The van der Waals surface area contributed by atoms with Crippen LogP contribution in [0.1, 0.15) is 35.4 Å². The van der Waals surface area contributed by atoms with E-state index >= 15 is 0 Å². The number of carboxylic acid groups (broad SMARTS) is 1. The molecule has 0 bridgehead atoms. The van der Waals surface area contributed by atoms with Crippen molar-refractivity contribution >= 4 is 34.4 Å². The van der Waals surface area contributed by atoms with E-state index in [0.717, 1.165) is 23.8 Å². The van der Waals surface area contributed by atoms with Crippen molar-refractivity contribution in [2.45, 2.75) is 26.2 Å². The molecule has 0 unspecified atom stereocenters. The number of rotatable bonds is 2. The standard InChI is InChI=1S/C18H18ClNO4/c1-10-12-5-2-6-13(19)15(12)24-14(10)16(21)20-8-11-4-3-7-18(11,9-20)17(22)23/h2,5-6,11H,3-4,7-9H2,1H3,(H,22,23)/t11-,18+/m0/s1. The third-order valence-electron chi connectivity index (χ3n) is 5.69. The van der Waals surface area contributed by atoms with Crippen LogP contribution < -0.4 is 0 Å². The monoisotopic (exact) mass is 347 g/mol. The first-order chi connectivity index (χ1) is 11.4. The molecule has 2 aromatic rings. The summed E-state index contributed by atoms with van der Waals surface area (Å²) in [4.78, 5) is 26.4. The van der Waals surface area contributed by atoms with Gasteiger partial charge in [-0.2, -0.15) is 0 Å². The number of halogens is 1. The van der Waals surface area contributed by atoms with E-state index in [1.54, 1.807) is 11.0 Å². The molecule has 2 aliphatic rings.